The lowest BCUT2D eigenvalue weighted by atomic mass is 13.1. The van der Waals surface area contributed by atoms with Crippen LogP contribution in [0.5, 0.6) is 0 Å². The van der Waals surface area contributed by atoms with Crippen LogP contribution in [0.3, 0.4) is 0 Å². The minimum Gasteiger partial charge on any atom is -0.367 e. The average molecular weight is 78.0 g/mol. The van der Waals surface area contributed by atoms with Gasteiger partial charge in [-0.2, -0.15) is 5.53 Å². The molecular formula is H3N2OP. The van der Waals surface area contributed by atoms with Crippen molar-refractivity contribution in [2.45, 2.75) is 0 Å². The van der Waals surface area contributed by atoms with E-state index in [2.05, 4.69) is 9.90 Å². The zero-order chi connectivity index (χ0) is 3.41. The molecule has 4 heteroatoms. The van der Waals surface area contributed by atoms with Gasteiger partial charge in [0.15, 0.2) is 0 Å². The van der Waals surface area contributed by atoms with Gasteiger partial charge in [0, 0.05) is 5.28 Å². The Bertz CT molecular complexity index is 20.0. The first-order chi connectivity index (χ1) is 1.91. The fourth-order valence-corrected chi connectivity index (χ4v) is 0. The molecule has 0 saturated carbocycles. The molecule has 0 aromatic heterocycles. The molecule has 0 heterocycles. The number of hydrogen-bond acceptors (Lipinski definition) is 3. The molecule has 0 aromatic rings. The number of nitrogens with zero attached hydrogens (tertiary/aromatic N) is 1. The topological polar surface area (TPSA) is 45.4 Å². The third-order valence-electron chi connectivity index (χ3n) is 0.0527. The van der Waals surface area contributed by atoms with E-state index in [4.69, 9.17) is 5.53 Å². The first kappa shape index (κ1) is 3.83. The Balaban J connectivity index is 2.30. The van der Waals surface area contributed by atoms with Crippen molar-refractivity contribution in [2.24, 2.45) is 5.28 Å². The minimum absolute atomic E-state index is 1.80. The fourth-order valence-electron chi connectivity index (χ4n) is 0. The predicted molar refractivity (Wildman–Crippen MR) is 15.9 cm³/mol. The van der Waals surface area contributed by atoms with Gasteiger partial charge < -0.3 is 4.62 Å². The van der Waals surface area contributed by atoms with Crippen LogP contribution in [0.1, 0.15) is 0 Å². The first-order valence-electron chi connectivity index (χ1n) is 0.642. The molecule has 1 atom stereocenters. The van der Waals surface area contributed by atoms with E-state index in [0.717, 1.165) is 0 Å². The molecule has 1 N–H and O–H groups in total. The van der Waals surface area contributed by atoms with Crippen molar-refractivity contribution in [1.82, 2.24) is 0 Å². The van der Waals surface area contributed by atoms with Crippen LogP contribution >= 0.6 is 9.47 Å². The fraction of sp³-hybridized carbons (Fsp3) is 0. The van der Waals surface area contributed by atoms with Crippen molar-refractivity contribution in [3.05, 3.63) is 0 Å². The Labute approximate surface area is 26.1 Å². The summed E-state index contributed by atoms with van der Waals surface area (Å²) in [6.07, 6.45) is 0. The molecule has 0 spiro atoms. The van der Waals surface area contributed by atoms with E-state index in [0.29, 0.717) is 0 Å². The molecule has 0 amide bonds. The van der Waals surface area contributed by atoms with Crippen molar-refractivity contribution in [1.29, 1.82) is 5.53 Å². The van der Waals surface area contributed by atoms with Gasteiger partial charge >= 0.3 is 0 Å². The van der Waals surface area contributed by atoms with E-state index < -0.39 is 0 Å². The summed E-state index contributed by atoms with van der Waals surface area (Å²) in [5.41, 5.74) is 5.83. The Morgan fingerprint density at radius 1 is 2.00 bits per heavy atom. The van der Waals surface area contributed by atoms with Crippen LogP contribution in [-0.4, -0.2) is 0 Å². The summed E-state index contributed by atoms with van der Waals surface area (Å²) < 4.78 is 3.75. The zero-order valence-electron chi connectivity index (χ0n) is 1.93. The summed E-state index contributed by atoms with van der Waals surface area (Å²) >= 11 is 0. The Morgan fingerprint density at radius 2 is 2.25 bits per heavy atom. The SMILES string of the molecule is N=NOP. The predicted octanol–water partition coefficient (Wildman–Crippen LogP) is 0.739. The highest BCUT2D eigenvalue weighted by molar-refractivity contribution is 7.09. The van der Waals surface area contributed by atoms with E-state index in [9.17, 15) is 0 Å². The quantitative estimate of drug-likeness (QED) is 0.280. The molecule has 0 saturated heterocycles. The molecular weight excluding hydrogens is 75.0 g/mol. The average Bonchev–Trinajstić information content (AvgIpc) is 1.37. The number of hydrogen-bond donors (Lipinski definition) is 1. The maximum absolute atomic E-state index is 5.83. The molecule has 0 aliphatic heterocycles. The van der Waals surface area contributed by atoms with Gasteiger partial charge in [-0.25, -0.2) is 0 Å². The van der Waals surface area contributed by atoms with E-state index >= 15 is 0 Å². The molecule has 1 unspecified atom stereocenters. The van der Waals surface area contributed by atoms with Crippen LogP contribution in [0, 0.1) is 5.53 Å². The molecule has 0 rings (SSSR count). The van der Waals surface area contributed by atoms with E-state index in [1.54, 1.807) is 9.47 Å². The molecule has 0 bridgehead atoms. The van der Waals surface area contributed by atoms with Gasteiger partial charge in [-0.1, -0.05) is 0 Å². The van der Waals surface area contributed by atoms with Crippen LogP contribution in [0.4, 0.5) is 0 Å². The lowest BCUT2D eigenvalue weighted by Crippen LogP contribution is -1.36. The monoisotopic (exact) mass is 78.0 g/mol. The summed E-state index contributed by atoms with van der Waals surface area (Å²) in [5, 5.41) is 2.45. The molecule has 0 aromatic carbocycles. The van der Waals surface area contributed by atoms with Crippen LogP contribution < -0.4 is 0 Å². The highest BCUT2D eigenvalue weighted by Crippen LogP contribution is 1.78. The number of rotatable bonds is 1. The maximum atomic E-state index is 5.83. The van der Waals surface area contributed by atoms with Crippen LogP contribution in [0.25, 0.3) is 0 Å². The van der Waals surface area contributed by atoms with Gasteiger partial charge in [0.25, 0.3) is 0 Å². The number of nitrogens with one attached hydrogen (secondary N) is 1. The van der Waals surface area contributed by atoms with E-state index in [-0.39, 0.29) is 0 Å². The zero-order valence-corrected chi connectivity index (χ0v) is 3.09. The van der Waals surface area contributed by atoms with Gasteiger partial charge in [0.2, 0.25) is 0 Å². The summed E-state index contributed by atoms with van der Waals surface area (Å²) in [6, 6.07) is 0. The minimum atomic E-state index is 1.80. The summed E-state index contributed by atoms with van der Waals surface area (Å²) in [6.45, 7) is 0. The van der Waals surface area contributed by atoms with Gasteiger partial charge in [-0.3, -0.25) is 0 Å². The van der Waals surface area contributed by atoms with Crippen molar-refractivity contribution in [3.8, 4) is 0 Å². The largest absolute Gasteiger partial charge is 0.367 e. The van der Waals surface area contributed by atoms with E-state index in [1.807, 2.05) is 0 Å². The third kappa shape index (κ3) is 1.83. The highest BCUT2D eigenvalue weighted by Gasteiger charge is 1.38. The molecule has 24 valence electrons. The second kappa shape index (κ2) is 2.83. The molecule has 4 heavy (non-hydrogen) atoms. The van der Waals surface area contributed by atoms with Crippen LogP contribution in [-0.2, 0) is 4.62 Å². The third-order valence-corrected chi connectivity index (χ3v) is 0.158. The van der Waals surface area contributed by atoms with Gasteiger partial charge in [-0.15, -0.1) is 0 Å². The van der Waals surface area contributed by atoms with E-state index in [1.165, 1.54) is 0 Å². The standard InChI is InChI=1S/H3N2OP/c1-2-3-4/h1H,4H2. The molecule has 0 aliphatic rings. The van der Waals surface area contributed by atoms with Gasteiger partial charge in [0.05, 0.1) is 9.47 Å². The summed E-state index contributed by atoms with van der Waals surface area (Å²) in [7, 11) is 1.80. The molecule has 0 fully saturated rings. The highest BCUT2D eigenvalue weighted by atomic mass is 31.0. The Morgan fingerprint density at radius 3 is 2.25 bits per heavy atom. The first-order valence-corrected chi connectivity index (χ1v) is 1.11. The van der Waals surface area contributed by atoms with Crippen molar-refractivity contribution < 1.29 is 4.62 Å². The van der Waals surface area contributed by atoms with Gasteiger partial charge in [-0.05, 0) is 0 Å². The van der Waals surface area contributed by atoms with Crippen molar-refractivity contribution in [3.63, 3.8) is 0 Å². The summed E-state index contributed by atoms with van der Waals surface area (Å²) in [4.78, 5) is 0. The van der Waals surface area contributed by atoms with Crippen molar-refractivity contribution >= 4 is 9.47 Å². The second-order valence-corrected chi connectivity index (χ2v) is 0.408. The summed E-state index contributed by atoms with van der Waals surface area (Å²) in [5.74, 6) is 0. The maximum Gasteiger partial charge on any atom is 0.0947 e. The van der Waals surface area contributed by atoms with Crippen LogP contribution in [0.2, 0.25) is 0 Å². The van der Waals surface area contributed by atoms with Gasteiger partial charge in [0.1, 0.15) is 0 Å². The molecule has 0 radical (unpaired) electrons. The Kier molecular flexibility index (Phi) is 2.71. The molecule has 3 nitrogen and oxygen atoms in total. The van der Waals surface area contributed by atoms with Crippen molar-refractivity contribution in [2.75, 3.05) is 0 Å². The Hall–Kier alpha value is -0.170. The molecule has 0 aliphatic carbocycles. The van der Waals surface area contributed by atoms with Crippen LogP contribution in [0.15, 0.2) is 5.28 Å². The second-order valence-electron chi connectivity index (χ2n) is 0.197. The smallest absolute Gasteiger partial charge is 0.0947 e. The lowest BCUT2D eigenvalue weighted by Gasteiger charge is -1.67. The lowest BCUT2D eigenvalue weighted by molar-refractivity contribution is 0.352. The normalized spacial score (nSPS) is 5.25.